The van der Waals surface area contributed by atoms with Crippen LogP contribution < -0.4 is 5.73 Å². The van der Waals surface area contributed by atoms with Gasteiger partial charge in [-0.15, -0.1) is 0 Å². The smallest absolute Gasteiger partial charge is 0.107 e. The molecule has 0 radical (unpaired) electrons. The standard InChI is InChI=1S/C17H30N2O3.C2H6/c1-3-5-15(20)17(22)16(21)12-19(4-2)11-14-8-6-13(10-18)7-9-14;1-2/h6-9,15-17,20-22H,3-5,10-12,18H2,1-2H3;1-2H3. The Hall–Kier alpha value is -0.980. The molecule has 0 amide bonds. The molecule has 0 aromatic heterocycles. The van der Waals surface area contributed by atoms with Crippen LogP contribution in [0.25, 0.3) is 0 Å². The first-order valence-corrected chi connectivity index (χ1v) is 9.06. The number of hydrogen-bond acceptors (Lipinski definition) is 5. The van der Waals surface area contributed by atoms with Crippen LogP contribution >= 0.6 is 0 Å². The number of rotatable bonds is 10. The Kier molecular flexibility index (Phi) is 12.8. The van der Waals surface area contributed by atoms with Crippen LogP contribution in [0.3, 0.4) is 0 Å². The minimum atomic E-state index is -1.10. The van der Waals surface area contributed by atoms with E-state index in [9.17, 15) is 15.3 Å². The predicted molar refractivity (Wildman–Crippen MR) is 99.6 cm³/mol. The average Bonchev–Trinajstić information content (AvgIpc) is 2.62. The second kappa shape index (κ2) is 13.3. The van der Waals surface area contributed by atoms with E-state index >= 15 is 0 Å². The van der Waals surface area contributed by atoms with Crippen molar-refractivity contribution >= 4 is 0 Å². The normalized spacial score (nSPS) is 14.7. The van der Waals surface area contributed by atoms with E-state index < -0.39 is 18.3 Å². The monoisotopic (exact) mass is 340 g/mol. The molecule has 0 bridgehead atoms. The Morgan fingerprint density at radius 1 is 0.958 bits per heavy atom. The molecule has 3 unspecified atom stereocenters. The molecule has 1 aromatic carbocycles. The number of hydrogen-bond donors (Lipinski definition) is 4. The van der Waals surface area contributed by atoms with Crippen molar-refractivity contribution < 1.29 is 15.3 Å². The molecular weight excluding hydrogens is 304 g/mol. The van der Waals surface area contributed by atoms with E-state index in [2.05, 4.69) is 0 Å². The summed E-state index contributed by atoms with van der Waals surface area (Å²) in [5.74, 6) is 0. The Morgan fingerprint density at radius 3 is 1.96 bits per heavy atom. The summed E-state index contributed by atoms with van der Waals surface area (Å²) in [6.45, 7) is 10.2. The zero-order chi connectivity index (χ0) is 18.5. The minimum Gasteiger partial charge on any atom is -0.390 e. The predicted octanol–water partition coefficient (Wildman–Crippen LogP) is 1.88. The molecule has 0 saturated heterocycles. The lowest BCUT2D eigenvalue weighted by molar-refractivity contribution is -0.0716. The topological polar surface area (TPSA) is 90.0 Å². The van der Waals surface area contributed by atoms with Crippen molar-refractivity contribution in [2.24, 2.45) is 5.73 Å². The molecule has 0 fully saturated rings. The lowest BCUT2D eigenvalue weighted by Gasteiger charge is -2.28. The third-order valence-electron chi connectivity index (χ3n) is 3.93. The first-order chi connectivity index (χ1) is 11.5. The molecule has 5 nitrogen and oxygen atoms in total. The van der Waals surface area contributed by atoms with Crippen LogP contribution in [0.1, 0.15) is 51.7 Å². The van der Waals surface area contributed by atoms with Gasteiger partial charge in [-0.2, -0.15) is 0 Å². The van der Waals surface area contributed by atoms with Gasteiger partial charge in [0.2, 0.25) is 0 Å². The maximum absolute atomic E-state index is 10.1. The van der Waals surface area contributed by atoms with E-state index in [-0.39, 0.29) is 0 Å². The number of nitrogens with zero attached hydrogens (tertiary/aromatic N) is 1. The molecule has 140 valence electrons. The van der Waals surface area contributed by atoms with Gasteiger partial charge in [-0.1, -0.05) is 58.4 Å². The van der Waals surface area contributed by atoms with Gasteiger partial charge in [-0.3, -0.25) is 4.90 Å². The summed E-state index contributed by atoms with van der Waals surface area (Å²) in [6, 6.07) is 8.05. The Morgan fingerprint density at radius 2 is 1.50 bits per heavy atom. The van der Waals surface area contributed by atoms with Crippen LogP contribution in [0.15, 0.2) is 24.3 Å². The van der Waals surface area contributed by atoms with Crippen LogP contribution in [0, 0.1) is 0 Å². The number of nitrogens with two attached hydrogens (primary N) is 1. The maximum atomic E-state index is 10.1. The lowest BCUT2D eigenvalue weighted by atomic mass is 10.0. The van der Waals surface area contributed by atoms with Crippen molar-refractivity contribution in [2.75, 3.05) is 13.1 Å². The van der Waals surface area contributed by atoms with E-state index in [0.717, 1.165) is 24.1 Å². The van der Waals surface area contributed by atoms with Crippen molar-refractivity contribution in [3.05, 3.63) is 35.4 Å². The Bertz CT molecular complexity index is 412. The third-order valence-corrected chi connectivity index (χ3v) is 3.93. The van der Waals surface area contributed by atoms with E-state index in [1.165, 1.54) is 0 Å². The van der Waals surface area contributed by atoms with Gasteiger partial charge in [-0.05, 0) is 24.1 Å². The van der Waals surface area contributed by atoms with Gasteiger partial charge >= 0.3 is 0 Å². The molecule has 0 saturated carbocycles. The Labute approximate surface area is 147 Å². The minimum absolute atomic E-state index is 0.330. The van der Waals surface area contributed by atoms with Gasteiger partial charge < -0.3 is 21.1 Å². The Balaban J connectivity index is 0.00000254. The van der Waals surface area contributed by atoms with E-state index in [1.807, 2.05) is 56.9 Å². The first kappa shape index (κ1) is 23.0. The van der Waals surface area contributed by atoms with Gasteiger partial charge in [0.05, 0.1) is 12.2 Å². The van der Waals surface area contributed by atoms with Gasteiger partial charge in [0.15, 0.2) is 0 Å². The first-order valence-electron chi connectivity index (χ1n) is 9.06. The second-order valence-corrected chi connectivity index (χ2v) is 5.76. The van der Waals surface area contributed by atoms with E-state index in [0.29, 0.717) is 26.1 Å². The summed E-state index contributed by atoms with van der Waals surface area (Å²) in [4.78, 5) is 2.05. The van der Waals surface area contributed by atoms with Crippen molar-refractivity contribution in [2.45, 2.75) is 71.9 Å². The molecule has 0 aliphatic carbocycles. The molecule has 24 heavy (non-hydrogen) atoms. The molecule has 0 aliphatic heterocycles. The molecule has 1 aromatic rings. The fourth-order valence-electron chi connectivity index (χ4n) is 2.44. The number of aliphatic hydroxyl groups excluding tert-OH is 3. The molecule has 3 atom stereocenters. The lowest BCUT2D eigenvalue weighted by Crippen LogP contribution is -2.44. The number of aliphatic hydroxyl groups is 3. The summed E-state index contributed by atoms with van der Waals surface area (Å²) in [5, 5.41) is 29.8. The average molecular weight is 341 g/mol. The fourth-order valence-corrected chi connectivity index (χ4v) is 2.44. The number of likely N-dealkylation sites (N-methyl/N-ethyl adjacent to an activating group) is 1. The summed E-state index contributed by atoms with van der Waals surface area (Å²) in [7, 11) is 0. The fraction of sp³-hybridized carbons (Fsp3) is 0.684. The van der Waals surface area contributed by atoms with Gasteiger partial charge in [0.1, 0.15) is 6.10 Å². The highest BCUT2D eigenvalue weighted by molar-refractivity contribution is 5.22. The molecule has 5 N–H and O–H groups in total. The molecular formula is C19H36N2O3. The van der Waals surface area contributed by atoms with Crippen molar-refractivity contribution in [1.29, 1.82) is 0 Å². The van der Waals surface area contributed by atoms with Crippen molar-refractivity contribution in [3.8, 4) is 0 Å². The highest BCUT2D eigenvalue weighted by Crippen LogP contribution is 2.11. The summed E-state index contributed by atoms with van der Waals surface area (Å²) in [5.41, 5.74) is 7.81. The highest BCUT2D eigenvalue weighted by Gasteiger charge is 2.25. The zero-order valence-corrected chi connectivity index (χ0v) is 15.7. The summed E-state index contributed by atoms with van der Waals surface area (Å²) >= 11 is 0. The molecule has 0 aliphatic rings. The SMILES string of the molecule is CC.CCCC(O)C(O)C(O)CN(CC)Cc1ccc(CN)cc1. The van der Waals surface area contributed by atoms with Crippen LogP contribution in [-0.2, 0) is 13.1 Å². The quantitative estimate of drug-likeness (QED) is 0.522. The van der Waals surface area contributed by atoms with Gasteiger partial charge in [0, 0.05) is 19.6 Å². The van der Waals surface area contributed by atoms with Crippen LogP contribution in [0.4, 0.5) is 0 Å². The molecule has 0 spiro atoms. The van der Waals surface area contributed by atoms with Crippen LogP contribution in [-0.4, -0.2) is 51.6 Å². The third kappa shape index (κ3) is 8.22. The zero-order valence-electron chi connectivity index (χ0n) is 15.7. The summed E-state index contributed by atoms with van der Waals surface area (Å²) in [6.07, 6.45) is -1.66. The van der Waals surface area contributed by atoms with Crippen molar-refractivity contribution in [1.82, 2.24) is 4.90 Å². The van der Waals surface area contributed by atoms with Gasteiger partial charge in [0.25, 0.3) is 0 Å². The number of benzene rings is 1. The molecule has 1 rings (SSSR count). The van der Waals surface area contributed by atoms with Crippen LogP contribution in [0.5, 0.6) is 0 Å². The molecule has 0 heterocycles. The van der Waals surface area contributed by atoms with E-state index in [4.69, 9.17) is 5.73 Å². The summed E-state index contributed by atoms with van der Waals surface area (Å²) < 4.78 is 0. The van der Waals surface area contributed by atoms with Crippen LogP contribution in [0.2, 0.25) is 0 Å². The van der Waals surface area contributed by atoms with Crippen molar-refractivity contribution in [3.63, 3.8) is 0 Å². The highest BCUT2D eigenvalue weighted by atomic mass is 16.4. The maximum Gasteiger partial charge on any atom is 0.107 e. The van der Waals surface area contributed by atoms with Gasteiger partial charge in [-0.25, -0.2) is 0 Å². The second-order valence-electron chi connectivity index (χ2n) is 5.76. The largest absolute Gasteiger partial charge is 0.390 e. The molecule has 5 heteroatoms. The van der Waals surface area contributed by atoms with E-state index in [1.54, 1.807) is 0 Å².